The van der Waals surface area contributed by atoms with Crippen LogP contribution >= 0.6 is 0 Å². The summed E-state index contributed by atoms with van der Waals surface area (Å²) in [6.45, 7) is 3.60. The third-order valence-corrected chi connectivity index (χ3v) is 3.11. The smallest absolute Gasteiger partial charge is 0.343 e. The van der Waals surface area contributed by atoms with Gasteiger partial charge in [0.1, 0.15) is 25.8 Å². The van der Waals surface area contributed by atoms with E-state index in [1.54, 1.807) is 13.0 Å². The van der Waals surface area contributed by atoms with E-state index < -0.39 is 9.57 Å². The summed E-state index contributed by atoms with van der Waals surface area (Å²) in [5.74, 6) is 0.484. The van der Waals surface area contributed by atoms with Crippen molar-refractivity contribution in [1.29, 1.82) is 0 Å². The molecule has 0 N–H and O–H groups in total. The number of hydrogen-bond acceptors (Lipinski definition) is 5. The first-order chi connectivity index (χ1) is 9.02. The molecule has 0 bridgehead atoms. The summed E-state index contributed by atoms with van der Waals surface area (Å²) in [4.78, 5) is 14.2. The lowest BCUT2D eigenvalue weighted by molar-refractivity contribution is -0.838. The van der Waals surface area contributed by atoms with Crippen molar-refractivity contribution in [3.05, 3.63) is 39.6 Å². The molecule has 0 unspecified atom stereocenters. The van der Waals surface area contributed by atoms with Gasteiger partial charge in [-0.15, -0.1) is 0 Å². The topological polar surface area (TPSA) is 93.2 Å². The number of rotatable bonds is 4. The summed E-state index contributed by atoms with van der Waals surface area (Å²) in [5.41, 5.74) is 0. The molecular weight excluding hydrogens is 252 g/mol. The Kier molecular flexibility index (Phi) is 3.93. The number of quaternary nitrogens is 1. The molecule has 1 aliphatic rings. The number of aryl methyl sites for hydroxylation is 1. The number of allylic oxidation sites excluding steroid dienone is 1. The van der Waals surface area contributed by atoms with Crippen molar-refractivity contribution in [2.75, 3.05) is 26.3 Å². The van der Waals surface area contributed by atoms with E-state index in [4.69, 9.17) is 4.74 Å². The second-order valence-corrected chi connectivity index (χ2v) is 4.43. The summed E-state index contributed by atoms with van der Waals surface area (Å²) in [6, 6.07) is 0. The molecule has 19 heavy (non-hydrogen) atoms. The molecule has 0 aromatic carbocycles. The van der Waals surface area contributed by atoms with E-state index in [1.165, 1.54) is 17.0 Å². The second-order valence-electron chi connectivity index (χ2n) is 4.43. The largest absolute Gasteiger partial charge is 0.628 e. The first kappa shape index (κ1) is 13.7. The van der Waals surface area contributed by atoms with Crippen LogP contribution in [0.25, 0.3) is 0 Å². The second kappa shape index (κ2) is 5.47. The maximum Gasteiger partial charge on any atom is 0.343 e. The first-order valence-corrected chi connectivity index (χ1v) is 6.01. The molecule has 0 atom stereocenters. The van der Waals surface area contributed by atoms with E-state index >= 15 is 0 Å². The van der Waals surface area contributed by atoms with Gasteiger partial charge in [-0.3, -0.25) is 0 Å². The Morgan fingerprint density at radius 3 is 2.89 bits per heavy atom. The van der Waals surface area contributed by atoms with Gasteiger partial charge in [-0.25, -0.2) is 9.55 Å². The predicted octanol–water partition coefficient (Wildman–Crippen LogP) is 0.958. The molecule has 2 heterocycles. The number of aromatic nitrogens is 2. The van der Waals surface area contributed by atoms with E-state index in [1.807, 2.05) is 0 Å². The van der Waals surface area contributed by atoms with Crippen LogP contribution in [-0.4, -0.2) is 45.4 Å². The zero-order valence-corrected chi connectivity index (χ0v) is 10.7. The molecule has 1 aromatic heterocycles. The molecule has 0 spiro atoms. The number of nitrogens with zero attached hydrogens (tertiary/aromatic N) is 4. The van der Waals surface area contributed by atoms with Crippen LogP contribution < -0.4 is 0 Å². The van der Waals surface area contributed by atoms with Gasteiger partial charge in [0.2, 0.25) is 0 Å². The monoisotopic (exact) mass is 268 g/mol. The zero-order valence-electron chi connectivity index (χ0n) is 10.7. The first-order valence-electron chi connectivity index (χ1n) is 6.01. The molecule has 8 heteroatoms. The van der Waals surface area contributed by atoms with E-state index in [0.29, 0.717) is 32.1 Å². The highest BCUT2D eigenvalue weighted by Gasteiger charge is 2.19. The molecule has 0 amide bonds. The predicted molar refractivity (Wildman–Crippen MR) is 66.9 cm³/mol. The van der Waals surface area contributed by atoms with Crippen LogP contribution in [0.3, 0.4) is 0 Å². The normalized spacial score (nSPS) is 18.8. The maximum absolute atomic E-state index is 12.2. The van der Waals surface area contributed by atoms with E-state index in [2.05, 4.69) is 4.98 Å². The Morgan fingerprint density at radius 1 is 1.58 bits per heavy atom. The summed E-state index contributed by atoms with van der Waals surface area (Å²) in [5, 5.41) is 23.0. The van der Waals surface area contributed by atoms with Crippen LogP contribution in [0.2, 0.25) is 0 Å². The number of ether oxygens (including phenoxy) is 1. The summed E-state index contributed by atoms with van der Waals surface area (Å²) in [7, 11) is 0. The summed E-state index contributed by atoms with van der Waals surface area (Å²) < 4.78 is 6.15. The minimum atomic E-state index is -0.482. The minimum Gasteiger partial charge on any atom is -0.628 e. The number of hydrogen-bond donors (Lipinski definition) is 0. The van der Waals surface area contributed by atoms with Crippen molar-refractivity contribution in [2.24, 2.45) is 0 Å². The average molecular weight is 268 g/mol. The van der Waals surface area contributed by atoms with Crippen molar-refractivity contribution in [3.63, 3.8) is 0 Å². The van der Waals surface area contributed by atoms with Crippen LogP contribution in [0.4, 0.5) is 5.82 Å². The van der Waals surface area contributed by atoms with Gasteiger partial charge >= 0.3 is 5.82 Å². The Bertz CT molecular complexity index is 491. The summed E-state index contributed by atoms with van der Waals surface area (Å²) >= 11 is 0. The van der Waals surface area contributed by atoms with Crippen molar-refractivity contribution in [1.82, 2.24) is 9.55 Å². The molecular formula is C11H16N4O4. The SMILES string of the molecule is Cc1ncc([N+](=O)[O-])n1C/C=C/[N+]1([O-])CCOCC1. The Hall–Kier alpha value is -1.77. The number of hydroxylamine groups is 3. The molecule has 1 saturated heterocycles. The molecule has 2 rings (SSSR count). The van der Waals surface area contributed by atoms with Crippen LogP contribution in [0.15, 0.2) is 18.5 Å². The molecule has 104 valence electrons. The fourth-order valence-corrected chi connectivity index (χ4v) is 1.97. The fourth-order valence-electron chi connectivity index (χ4n) is 1.97. The van der Waals surface area contributed by atoms with Crippen molar-refractivity contribution in [3.8, 4) is 0 Å². The van der Waals surface area contributed by atoms with Crippen LogP contribution in [0.1, 0.15) is 5.82 Å². The standard InChI is InChI=1S/C11H16N4O4/c1-10-12-9-11(14(16)17)13(10)3-2-4-15(18)5-7-19-8-6-15/h2,4,9H,3,5-8H2,1H3/b4-2+. The Balaban J connectivity index is 2.06. The van der Waals surface area contributed by atoms with Gasteiger partial charge in [0.05, 0.1) is 19.4 Å². The molecule has 1 aromatic rings. The van der Waals surface area contributed by atoms with Crippen molar-refractivity contribution >= 4 is 5.82 Å². The van der Waals surface area contributed by atoms with Gasteiger partial charge in [0.25, 0.3) is 0 Å². The lowest BCUT2D eigenvalue weighted by atomic mass is 10.4. The Labute approximate surface area is 110 Å². The van der Waals surface area contributed by atoms with E-state index in [0.717, 1.165) is 0 Å². The van der Waals surface area contributed by atoms with Gasteiger partial charge in [-0.1, -0.05) is 0 Å². The molecule has 8 nitrogen and oxygen atoms in total. The highest BCUT2D eigenvalue weighted by molar-refractivity contribution is 5.19. The van der Waals surface area contributed by atoms with Gasteiger partial charge in [0, 0.05) is 13.0 Å². The van der Waals surface area contributed by atoms with E-state index in [-0.39, 0.29) is 12.4 Å². The molecule has 0 radical (unpaired) electrons. The van der Waals surface area contributed by atoms with Crippen LogP contribution in [-0.2, 0) is 11.3 Å². The Morgan fingerprint density at radius 2 is 2.26 bits per heavy atom. The fraction of sp³-hybridized carbons (Fsp3) is 0.545. The van der Waals surface area contributed by atoms with Crippen molar-refractivity contribution < 1.29 is 14.3 Å². The zero-order chi connectivity index (χ0) is 13.9. The van der Waals surface area contributed by atoms with Gasteiger partial charge in [-0.2, -0.15) is 0 Å². The highest BCUT2D eigenvalue weighted by atomic mass is 16.6. The quantitative estimate of drug-likeness (QED) is 0.351. The number of morpholine rings is 1. The summed E-state index contributed by atoms with van der Waals surface area (Å²) in [6.07, 6.45) is 4.41. The highest BCUT2D eigenvalue weighted by Crippen LogP contribution is 2.15. The van der Waals surface area contributed by atoms with Gasteiger partial charge < -0.3 is 24.7 Å². The lowest BCUT2D eigenvalue weighted by Crippen LogP contribution is -2.46. The maximum atomic E-state index is 12.2. The average Bonchev–Trinajstić information content (AvgIpc) is 2.72. The molecule has 0 saturated carbocycles. The van der Waals surface area contributed by atoms with Crippen LogP contribution in [0.5, 0.6) is 0 Å². The van der Waals surface area contributed by atoms with Gasteiger partial charge in [-0.05, 0) is 4.92 Å². The van der Waals surface area contributed by atoms with Crippen molar-refractivity contribution in [2.45, 2.75) is 13.5 Å². The third-order valence-electron chi connectivity index (χ3n) is 3.11. The van der Waals surface area contributed by atoms with Crippen LogP contribution in [0, 0.1) is 22.2 Å². The van der Waals surface area contributed by atoms with Gasteiger partial charge in [0.15, 0.2) is 5.82 Å². The molecule has 0 aliphatic carbocycles. The van der Waals surface area contributed by atoms with E-state index in [9.17, 15) is 15.3 Å². The lowest BCUT2D eigenvalue weighted by Gasteiger charge is -2.41. The molecule has 1 fully saturated rings. The number of imidazole rings is 1. The minimum absolute atomic E-state index is 0.0680. The number of nitro groups is 1. The molecule has 1 aliphatic heterocycles. The third kappa shape index (κ3) is 3.16.